The predicted molar refractivity (Wildman–Crippen MR) is 88.3 cm³/mol. The maximum Gasteiger partial charge on any atom is 0.257 e. The number of hydrogen-bond acceptors (Lipinski definition) is 4. The van der Waals surface area contributed by atoms with Crippen LogP contribution in [0.1, 0.15) is 0 Å². The lowest BCUT2D eigenvalue weighted by molar-refractivity contribution is 1.10. The van der Waals surface area contributed by atoms with E-state index in [1.165, 1.54) is 0 Å². The summed E-state index contributed by atoms with van der Waals surface area (Å²) >= 11 is 5.96. The Balaban J connectivity index is 2.10. The van der Waals surface area contributed by atoms with Gasteiger partial charge in [-0.1, -0.05) is 23.7 Å². The third-order valence-electron chi connectivity index (χ3n) is 3.60. The molecule has 6 heteroatoms. The number of halogens is 1. The van der Waals surface area contributed by atoms with Crippen molar-refractivity contribution < 1.29 is 0 Å². The zero-order chi connectivity index (χ0) is 15.1. The highest BCUT2D eigenvalue weighted by atomic mass is 35.5. The van der Waals surface area contributed by atoms with E-state index in [4.69, 9.17) is 11.6 Å². The second-order valence-corrected chi connectivity index (χ2v) is 5.33. The number of anilines is 1. The van der Waals surface area contributed by atoms with Gasteiger partial charge in [-0.25, -0.2) is 0 Å². The lowest BCUT2D eigenvalue weighted by Crippen LogP contribution is -2.00. The van der Waals surface area contributed by atoms with E-state index in [2.05, 4.69) is 20.5 Å². The van der Waals surface area contributed by atoms with Crippen molar-refractivity contribution in [1.82, 2.24) is 19.6 Å². The first-order chi connectivity index (χ1) is 10.8. The molecule has 0 fully saturated rings. The van der Waals surface area contributed by atoms with Gasteiger partial charge in [-0.05, 0) is 36.4 Å². The first-order valence-electron chi connectivity index (χ1n) is 6.85. The zero-order valence-corrected chi connectivity index (χ0v) is 12.5. The molecule has 0 aliphatic rings. The molecule has 0 aliphatic heterocycles. The van der Waals surface area contributed by atoms with E-state index in [0.29, 0.717) is 10.8 Å². The fourth-order valence-electron chi connectivity index (χ4n) is 2.58. The molecular formula is C16H12ClN5. The van der Waals surface area contributed by atoms with E-state index in [9.17, 15) is 0 Å². The summed E-state index contributed by atoms with van der Waals surface area (Å²) in [6.45, 7) is 0. The standard InChI is InChI=1S/C16H12ClN5/c1-18-14-12-4-2-3-5-13(12)22-15(20-21-16(22)19-14)10-6-8-11(17)9-7-10/h2-9H,1H3,(H,18,19,21). The third-order valence-corrected chi connectivity index (χ3v) is 3.85. The topological polar surface area (TPSA) is 55.1 Å². The van der Waals surface area contributed by atoms with E-state index in [1.807, 2.05) is 60.0 Å². The van der Waals surface area contributed by atoms with Crippen LogP contribution in [0.5, 0.6) is 0 Å². The van der Waals surface area contributed by atoms with E-state index < -0.39 is 0 Å². The van der Waals surface area contributed by atoms with Gasteiger partial charge < -0.3 is 5.32 Å². The van der Waals surface area contributed by atoms with E-state index in [0.717, 1.165) is 28.1 Å². The van der Waals surface area contributed by atoms with Crippen molar-refractivity contribution in [3.63, 3.8) is 0 Å². The van der Waals surface area contributed by atoms with Crippen molar-refractivity contribution in [1.29, 1.82) is 0 Å². The van der Waals surface area contributed by atoms with Gasteiger partial charge >= 0.3 is 0 Å². The van der Waals surface area contributed by atoms with Crippen molar-refractivity contribution in [2.45, 2.75) is 0 Å². The molecule has 4 aromatic rings. The van der Waals surface area contributed by atoms with Gasteiger partial charge in [-0.2, -0.15) is 4.98 Å². The molecule has 2 aromatic carbocycles. The number of fused-ring (bicyclic) bond motifs is 3. The minimum atomic E-state index is 0.563. The summed E-state index contributed by atoms with van der Waals surface area (Å²) in [4.78, 5) is 4.54. The van der Waals surface area contributed by atoms with Crippen LogP contribution in [-0.4, -0.2) is 26.6 Å². The Morgan fingerprint density at radius 3 is 2.55 bits per heavy atom. The van der Waals surface area contributed by atoms with Gasteiger partial charge in [0.25, 0.3) is 5.78 Å². The molecule has 0 atom stereocenters. The predicted octanol–water partition coefficient (Wildman–Crippen LogP) is 3.64. The smallest absolute Gasteiger partial charge is 0.257 e. The van der Waals surface area contributed by atoms with Gasteiger partial charge in [0, 0.05) is 23.0 Å². The fraction of sp³-hybridized carbons (Fsp3) is 0.0625. The summed E-state index contributed by atoms with van der Waals surface area (Å²) in [6, 6.07) is 15.6. The number of hydrogen-bond donors (Lipinski definition) is 1. The summed E-state index contributed by atoms with van der Waals surface area (Å²) in [6.07, 6.45) is 0. The highest BCUT2D eigenvalue weighted by Crippen LogP contribution is 2.27. The summed E-state index contributed by atoms with van der Waals surface area (Å²) in [7, 11) is 1.85. The number of nitrogens with one attached hydrogen (secondary N) is 1. The summed E-state index contributed by atoms with van der Waals surface area (Å²) in [5.74, 6) is 2.10. The van der Waals surface area contributed by atoms with Gasteiger partial charge in [0.1, 0.15) is 5.82 Å². The molecule has 0 saturated carbocycles. The molecule has 1 N–H and O–H groups in total. The van der Waals surface area contributed by atoms with Gasteiger partial charge in [0.05, 0.1) is 5.52 Å². The maximum absolute atomic E-state index is 5.96. The van der Waals surface area contributed by atoms with Crippen LogP contribution in [0.15, 0.2) is 48.5 Å². The van der Waals surface area contributed by atoms with Gasteiger partial charge in [0.2, 0.25) is 0 Å². The van der Waals surface area contributed by atoms with Gasteiger partial charge in [-0.15, -0.1) is 10.2 Å². The van der Waals surface area contributed by atoms with Crippen molar-refractivity contribution >= 4 is 34.1 Å². The normalized spacial score (nSPS) is 11.2. The van der Waals surface area contributed by atoms with Crippen molar-refractivity contribution in [2.24, 2.45) is 0 Å². The Morgan fingerprint density at radius 2 is 1.77 bits per heavy atom. The average molecular weight is 310 g/mol. The SMILES string of the molecule is CNc1nc2nnc(-c3ccc(Cl)cc3)n2c2ccccc12. The molecule has 0 aliphatic carbocycles. The van der Waals surface area contributed by atoms with Gasteiger partial charge in [0.15, 0.2) is 5.82 Å². The first-order valence-corrected chi connectivity index (χ1v) is 7.23. The largest absolute Gasteiger partial charge is 0.372 e. The summed E-state index contributed by atoms with van der Waals surface area (Å²) in [5, 5.41) is 13.3. The minimum absolute atomic E-state index is 0.563. The Bertz CT molecular complexity index is 975. The van der Waals surface area contributed by atoms with Crippen molar-refractivity contribution in [3.8, 4) is 11.4 Å². The summed E-state index contributed by atoms with van der Waals surface area (Å²) < 4.78 is 1.96. The molecule has 0 radical (unpaired) electrons. The van der Waals surface area contributed by atoms with Crippen LogP contribution in [-0.2, 0) is 0 Å². The molecule has 0 unspecified atom stereocenters. The Hall–Kier alpha value is -2.66. The second-order valence-electron chi connectivity index (χ2n) is 4.89. The molecule has 0 spiro atoms. The van der Waals surface area contributed by atoms with Crippen LogP contribution in [0, 0.1) is 0 Å². The number of rotatable bonds is 2. The molecule has 4 rings (SSSR count). The molecule has 0 saturated heterocycles. The molecule has 22 heavy (non-hydrogen) atoms. The molecular weight excluding hydrogens is 298 g/mol. The Labute approximate surface area is 131 Å². The summed E-state index contributed by atoms with van der Waals surface area (Å²) in [5.41, 5.74) is 1.95. The molecule has 2 heterocycles. The van der Waals surface area contributed by atoms with Gasteiger partial charge in [-0.3, -0.25) is 4.40 Å². The zero-order valence-electron chi connectivity index (χ0n) is 11.8. The number of benzene rings is 2. The highest BCUT2D eigenvalue weighted by molar-refractivity contribution is 6.30. The fourth-order valence-corrected chi connectivity index (χ4v) is 2.70. The van der Waals surface area contributed by atoms with Crippen LogP contribution >= 0.6 is 11.6 Å². The highest BCUT2D eigenvalue weighted by Gasteiger charge is 2.14. The van der Waals surface area contributed by atoms with Crippen molar-refractivity contribution in [2.75, 3.05) is 12.4 Å². The molecule has 0 bridgehead atoms. The molecule has 5 nitrogen and oxygen atoms in total. The van der Waals surface area contributed by atoms with E-state index in [1.54, 1.807) is 0 Å². The van der Waals surface area contributed by atoms with E-state index >= 15 is 0 Å². The van der Waals surface area contributed by atoms with Crippen LogP contribution in [0.3, 0.4) is 0 Å². The van der Waals surface area contributed by atoms with E-state index in [-0.39, 0.29) is 0 Å². The molecule has 2 aromatic heterocycles. The van der Waals surface area contributed by atoms with Crippen LogP contribution in [0.4, 0.5) is 5.82 Å². The second kappa shape index (κ2) is 4.96. The van der Waals surface area contributed by atoms with Crippen LogP contribution in [0.25, 0.3) is 28.1 Å². The Morgan fingerprint density at radius 1 is 1.00 bits per heavy atom. The number of nitrogens with zero attached hydrogens (tertiary/aromatic N) is 4. The minimum Gasteiger partial charge on any atom is -0.372 e. The third kappa shape index (κ3) is 1.90. The Kier molecular flexibility index (Phi) is 2.94. The van der Waals surface area contributed by atoms with Crippen molar-refractivity contribution in [3.05, 3.63) is 53.6 Å². The lowest BCUT2D eigenvalue weighted by Gasteiger charge is -2.08. The quantitative estimate of drug-likeness (QED) is 0.614. The monoisotopic (exact) mass is 309 g/mol. The molecule has 108 valence electrons. The first kappa shape index (κ1) is 13.0. The van der Waals surface area contributed by atoms with Crippen LogP contribution < -0.4 is 5.32 Å². The lowest BCUT2D eigenvalue weighted by atomic mass is 10.2. The number of aromatic nitrogens is 4. The number of para-hydroxylation sites is 1. The van der Waals surface area contributed by atoms with Crippen LogP contribution in [0.2, 0.25) is 5.02 Å². The average Bonchev–Trinajstić information content (AvgIpc) is 2.99. The molecule has 0 amide bonds. The maximum atomic E-state index is 5.96.